The van der Waals surface area contributed by atoms with Gasteiger partial charge in [0.2, 0.25) is 0 Å². The Morgan fingerprint density at radius 2 is 1.29 bits per heavy atom. The lowest BCUT2D eigenvalue weighted by Crippen LogP contribution is -2.15. The minimum atomic E-state index is 0.778. The average molecular weight is 810 g/mol. The molecule has 3 heterocycles. The molecule has 5 nitrogen and oxygen atoms in total. The summed E-state index contributed by atoms with van der Waals surface area (Å²) in [5.74, 6) is 0. The molecule has 0 atom stereocenters. The number of benzene rings is 5. The molecule has 3 aromatic heterocycles. The van der Waals surface area contributed by atoms with Crippen molar-refractivity contribution in [1.82, 2.24) is 15.0 Å². The summed E-state index contributed by atoms with van der Waals surface area (Å²) in [6.45, 7) is 15.4. The number of aryl methyl sites for hydroxylation is 4. The second-order valence-corrected chi connectivity index (χ2v) is 15.8. The van der Waals surface area contributed by atoms with Crippen molar-refractivity contribution in [3.8, 4) is 22.4 Å². The zero-order valence-corrected chi connectivity index (χ0v) is 36.3. The minimum Gasteiger partial charge on any atom is -0.405 e. The van der Waals surface area contributed by atoms with Crippen LogP contribution in [-0.2, 0) is 25.7 Å². The number of nitrogens with zero attached hydrogens (tertiary/aromatic N) is 1. The first-order valence-corrected chi connectivity index (χ1v) is 21.6. The van der Waals surface area contributed by atoms with Gasteiger partial charge in [0.25, 0.3) is 0 Å². The molecule has 0 unspecified atom stereocenters. The van der Waals surface area contributed by atoms with Crippen LogP contribution in [0.25, 0.3) is 82.5 Å². The number of rotatable bonds is 7. The molecule has 2 aliphatic rings. The summed E-state index contributed by atoms with van der Waals surface area (Å²) in [5, 5.41) is 7.53. The summed E-state index contributed by atoms with van der Waals surface area (Å²) in [7, 11) is 0. The van der Waals surface area contributed by atoms with Crippen LogP contribution in [0.5, 0.6) is 0 Å². The van der Waals surface area contributed by atoms with Gasteiger partial charge in [-0.05, 0) is 158 Å². The molecule has 308 valence electrons. The number of aromatic nitrogens is 3. The second-order valence-electron chi connectivity index (χ2n) is 15.8. The number of pyridine rings is 1. The van der Waals surface area contributed by atoms with E-state index in [1.807, 2.05) is 50.4 Å². The fraction of sp³-hybridized carbons (Fsp3) is 0.140. The van der Waals surface area contributed by atoms with Crippen LogP contribution in [0, 0.1) is 0 Å². The van der Waals surface area contributed by atoms with Crippen LogP contribution in [-0.4, -0.2) is 15.0 Å². The molecule has 0 amide bonds. The maximum Gasteiger partial charge on any atom is 0.0780 e. The van der Waals surface area contributed by atoms with E-state index in [4.69, 9.17) is 16.5 Å². The van der Waals surface area contributed by atoms with E-state index in [9.17, 15) is 0 Å². The highest BCUT2D eigenvalue weighted by molar-refractivity contribution is 6.15. The Morgan fingerprint density at radius 1 is 0.661 bits per heavy atom. The Balaban J connectivity index is 0.000000430. The fourth-order valence-corrected chi connectivity index (χ4v) is 9.25. The Hall–Kier alpha value is -7.37. The average Bonchev–Trinajstić information content (AvgIpc) is 3.87. The van der Waals surface area contributed by atoms with Crippen molar-refractivity contribution in [2.75, 3.05) is 0 Å². The van der Waals surface area contributed by atoms with Crippen LogP contribution < -0.4 is 11.5 Å². The Morgan fingerprint density at radius 3 is 1.87 bits per heavy atom. The van der Waals surface area contributed by atoms with E-state index in [0.717, 1.165) is 64.9 Å². The van der Waals surface area contributed by atoms with Crippen molar-refractivity contribution in [3.63, 3.8) is 0 Å². The van der Waals surface area contributed by atoms with Gasteiger partial charge < -0.3 is 21.4 Å². The molecule has 0 saturated carbocycles. The lowest BCUT2D eigenvalue weighted by molar-refractivity contribution is 0.888. The van der Waals surface area contributed by atoms with Crippen molar-refractivity contribution in [2.45, 2.75) is 53.4 Å². The third kappa shape index (κ3) is 7.52. The monoisotopic (exact) mass is 809 g/mol. The molecule has 0 spiro atoms. The molecule has 5 aromatic carbocycles. The number of hydrogen-bond acceptors (Lipinski definition) is 3. The summed E-state index contributed by atoms with van der Waals surface area (Å²) in [6.07, 6.45) is 26.6. The molecular weight excluding hydrogens is 755 g/mol. The number of hydrogen-bond donors (Lipinski definition) is 4. The van der Waals surface area contributed by atoms with Gasteiger partial charge >= 0.3 is 0 Å². The van der Waals surface area contributed by atoms with Crippen molar-refractivity contribution >= 4 is 60.1 Å². The second kappa shape index (κ2) is 18.1. The number of H-pyrrole nitrogens is 2. The lowest BCUT2D eigenvalue weighted by Gasteiger charge is -2.30. The van der Waals surface area contributed by atoms with E-state index < -0.39 is 0 Å². The van der Waals surface area contributed by atoms with Crippen LogP contribution in [0.1, 0.15) is 55.5 Å². The van der Waals surface area contributed by atoms with Crippen LogP contribution >= 0.6 is 0 Å². The highest BCUT2D eigenvalue weighted by Crippen LogP contribution is 2.49. The molecule has 2 aliphatic carbocycles. The molecule has 6 N–H and O–H groups in total. The summed E-state index contributed by atoms with van der Waals surface area (Å²) < 4.78 is 0. The Kier molecular flexibility index (Phi) is 12.1. The van der Waals surface area contributed by atoms with Crippen LogP contribution in [0.15, 0.2) is 176 Å². The number of fused-ring (bicyclic) bond motifs is 9. The molecule has 8 aromatic rings. The zero-order chi connectivity index (χ0) is 43.3. The number of allylic oxidation sites excluding steroid dienone is 12. The summed E-state index contributed by atoms with van der Waals surface area (Å²) in [6, 6.07) is 29.0. The molecule has 0 bridgehead atoms. The van der Waals surface area contributed by atoms with Gasteiger partial charge in [0.15, 0.2) is 0 Å². The van der Waals surface area contributed by atoms with Gasteiger partial charge in [0.05, 0.1) is 16.7 Å². The molecule has 62 heavy (non-hydrogen) atoms. The minimum absolute atomic E-state index is 0.778. The standard InChI is InChI=1S/C47H38N4.C5H9N.C5H8/c1-4-6-10-32(26(3)5-2)44(48)30-14-18-40-36(24-30)38-22-28-12-13-29-23-39-37-25-31(45-33-11-8-7-9-27(33)20-21-49-45)15-19-41(37)51-47(39)35-17-16-34(46(38)50-40)42(28)43(29)35;1-2-3-4-5-6;1-3-5-4-2/h4-11,14-15,18-25,50-51H,1,12-13,16-17,48H2,2-3H3;2-5H,6H2,1H3;3-5H,1H2,2H3/b10-6-,26-5-,44-32-;3-2-,5-4-;5-4-. The summed E-state index contributed by atoms with van der Waals surface area (Å²) in [5.41, 5.74) is 31.7. The largest absolute Gasteiger partial charge is 0.405 e. The summed E-state index contributed by atoms with van der Waals surface area (Å²) in [4.78, 5) is 12.6. The van der Waals surface area contributed by atoms with Crippen molar-refractivity contribution in [1.29, 1.82) is 0 Å². The van der Waals surface area contributed by atoms with Crippen LogP contribution in [0.4, 0.5) is 0 Å². The molecular formula is C57H55N5. The van der Waals surface area contributed by atoms with Gasteiger partial charge in [-0.1, -0.05) is 104 Å². The third-order valence-corrected chi connectivity index (χ3v) is 12.3. The lowest BCUT2D eigenvalue weighted by atomic mass is 9.74. The molecule has 10 rings (SSSR count). The van der Waals surface area contributed by atoms with Crippen LogP contribution in [0.2, 0.25) is 0 Å². The van der Waals surface area contributed by atoms with E-state index in [1.165, 1.54) is 88.4 Å². The van der Waals surface area contributed by atoms with Gasteiger partial charge in [-0.15, -0.1) is 0 Å². The highest BCUT2D eigenvalue weighted by atomic mass is 14.7. The zero-order valence-electron chi connectivity index (χ0n) is 36.3. The molecule has 0 radical (unpaired) electrons. The SMILES string of the molecule is C/C=C\C=C/N.C=C/C=C\C.C=C\C=C/C(C(/C)=C\C)=C(/N)c1ccc2[nH]c3c4c5c(cc3c2c1)CCc1cc2c([nH]c3ccc(-c6nccc7ccccc67)cc32)c(c1-5)CC4. The predicted molar refractivity (Wildman–Crippen MR) is 269 cm³/mol. The first kappa shape index (κ1) is 41.4. The maximum absolute atomic E-state index is 6.86. The van der Waals surface area contributed by atoms with Gasteiger partial charge in [0, 0.05) is 61.0 Å². The van der Waals surface area contributed by atoms with Crippen molar-refractivity contribution < 1.29 is 0 Å². The van der Waals surface area contributed by atoms with Crippen molar-refractivity contribution in [3.05, 3.63) is 204 Å². The first-order valence-electron chi connectivity index (χ1n) is 21.6. The maximum atomic E-state index is 6.86. The van der Waals surface area contributed by atoms with Gasteiger partial charge in [-0.25, -0.2) is 0 Å². The first-order chi connectivity index (χ1) is 30.3. The number of nitrogens with one attached hydrogen (secondary N) is 2. The number of aromatic amines is 2. The highest BCUT2D eigenvalue weighted by Gasteiger charge is 2.31. The van der Waals surface area contributed by atoms with E-state index >= 15 is 0 Å². The Bertz CT molecular complexity index is 3210. The molecule has 0 saturated heterocycles. The predicted octanol–water partition coefficient (Wildman–Crippen LogP) is 14.2. The molecule has 0 fully saturated rings. The van der Waals surface area contributed by atoms with E-state index in [2.05, 4.69) is 128 Å². The fourth-order valence-electron chi connectivity index (χ4n) is 9.25. The Labute approximate surface area is 365 Å². The number of nitrogens with two attached hydrogens (primary N) is 2. The quantitative estimate of drug-likeness (QED) is 0.121. The summed E-state index contributed by atoms with van der Waals surface area (Å²) >= 11 is 0. The topological polar surface area (TPSA) is 96.5 Å². The van der Waals surface area contributed by atoms with E-state index in [1.54, 1.807) is 18.2 Å². The van der Waals surface area contributed by atoms with E-state index in [-0.39, 0.29) is 0 Å². The van der Waals surface area contributed by atoms with Crippen LogP contribution in [0.3, 0.4) is 0 Å². The normalized spacial score (nSPS) is 13.9. The molecule has 5 heteroatoms. The van der Waals surface area contributed by atoms with Gasteiger partial charge in [-0.3, -0.25) is 4.98 Å². The van der Waals surface area contributed by atoms with Crippen molar-refractivity contribution in [2.24, 2.45) is 11.5 Å². The van der Waals surface area contributed by atoms with E-state index in [0.29, 0.717) is 0 Å². The molecule has 0 aliphatic heterocycles. The van der Waals surface area contributed by atoms with Gasteiger partial charge in [0.1, 0.15) is 0 Å². The van der Waals surface area contributed by atoms with Gasteiger partial charge in [-0.2, -0.15) is 0 Å². The smallest absolute Gasteiger partial charge is 0.0780 e. The third-order valence-electron chi connectivity index (χ3n) is 12.3.